The average Bonchev–Trinajstić information content (AvgIpc) is 2.58. The number of hydrogen-bond donors (Lipinski definition) is 1. The summed E-state index contributed by atoms with van der Waals surface area (Å²) in [5.41, 5.74) is 2.69. The lowest BCUT2D eigenvalue weighted by Crippen LogP contribution is -2.38. The van der Waals surface area contributed by atoms with Crippen molar-refractivity contribution in [2.45, 2.75) is 46.1 Å². The highest BCUT2D eigenvalue weighted by Gasteiger charge is 2.36. The Kier molecular flexibility index (Phi) is 6.93. The van der Waals surface area contributed by atoms with E-state index in [1.54, 1.807) is 13.8 Å². The van der Waals surface area contributed by atoms with Crippen molar-refractivity contribution < 1.29 is 41.0 Å². The molecule has 27 heavy (non-hydrogen) atoms. The monoisotopic (exact) mass is 397 g/mol. The topological polar surface area (TPSA) is 78.6 Å². The van der Waals surface area contributed by atoms with Crippen LogP contribution in [0.2, 0.25) is 0 Å². The first-order valence-corrected chi connectivity index (χ1v) is 7.85. The number of hydrogen-bond acceptors (Lipinski definition) is 4. The largest absolute Gasteiger partial charge is 0.420 e. The van der Waals surface area contributed by atoms with Crippen molar-refractivity contribution in [1.82, 2.24) is 0 Å². The first-order valence-electron chi connectivity index (χ1n) is 7.85. The maximum atomic E-state index is 13.6. The zero-order valence-corrected chi connectivity index (χ0v) is 15.2. The Morgan fingerprint density at radius 3 is 1.78 bits per heavy atom. The summed E-state index contributed by atoms with van der Waals surface area (Å²) in [5.74, 6) is -14.8. The third kappa shape index (κ3) is 5.62. The van der Waals surface area contributed by atoms with Crippen molar-refractivity contribution in [3.8, 4) is 5.75 Å². The fourth-order valence-corrected chi connectivity index (χ4v) is 1.84. The van der Waals surface area contributed by atoms with E-state index >= 15 is 0 Å². The Labute approximate surface area is 152 Å². The Morgan fingerprint density at radius 2 is 1.33 bits per heavy atom. The molecule has 0 aromatic heterocycles. The van der Waals surface area contributed by atoms with Gasteiger partial charge in [0.1, 0.15) is 0 Å². The number of ether oxygens (including phenoxy) is 2. The second-order valence-corrected chi connectivity index (χ2v) is 7.19. The summed E-state index contributed by atoms with van der Waals surface area (Å²) in [7, 11) is 0. The van der Waals surface area contributed by atoms with Gasteiger partial charge in [0, 0.05) is 6.42 Å². The van der Waals surface area contributed by atoms with E-state index in [1.807, 2.05) is 0 Å². The van der Waals surface area contributed by atoms with Gasteiger partial charge in [-0.2, -0.15) is 8.78 Å². The highest BCUT2D eigenvalue weighted by Crippen LogP contribution is 2.31. The van der Waals surface area contributed by atoms with Gasteiger partial charge in [0.25, 0.3) is 0 Å². The third-order valence-corrected chi connectivity index (χ3v) is 3.71. The molecule has 0 radical (unpaired) electrons. The van der Waals surface area contributed by atoms with Gasteiger partial charge in [-0.1, -0.05) is 0 Å². The molecular weight excluding hydrogens is 377 g/mol. The fourth-order valence-electron chi connectivity index (χ4n) is 1.84. The van der Waals surface area contributed by atoms with E-state index in [0.717, 1.165) is 0 Å². The zero-order valence-electron chi connectivity index (χ0n) is 15.2. The molecule has 1 aromatic rings. The Bertz CT molecular complexity index is 720. The second kappa shape index (κ2) is 8.20. The van der Waals surface area contributed by atoms with Gasteiger partial charge in [0.2, 0.25) is 40.7 Å². The SMILES string of the molecule is CC(C)(CCC(N)=O)OCC(C)(C)C(=O)Oc1c(F)c(F)c(F)c(F)c1F. The number of esters is 1. The van der Waals surface area contributed by atoms with Crippen LogP contribution in [0.5, 0.6) is 5.75 Å². The maximum Gasteiger partial charge on any atom is 0.319 e. The standard InChI is InChI=1S/C17H20F5NO4/c1-16(2,7-26-17(3,4)6-5-8(23)24)15(25)27-14-12(21)10(19)9(18)11(20)13(14)22/h5-7H2,1-4H3,(H2,23,24). The molecular formula is C17H20F5NO4. The zero-order chi connectivity index (χ0) is 21.2. The van der Waals surface area contributed by atoms with Crippen LogP contribution in [0, 0.1) is 34.5 Å². The van der Waals surface area contributed by atoms with Crippen LogP contribution in [0.3, 0.4) is 0 Å². The Hall–Kier alpha value is -2.23. The van der Waals surface area contributed by atoms with Crippen molar-refractivity contribution in [3.05, 3.63) is 29.1 Å². The van der Waals surface area contributed by atoms with Gasteiger partial charge in [-0.05, 0) is 34.1 Å². The summed E-state index contributed by atoms with van der Waals surface area (Å²) in [6.45, 7) is 5.53. The summed E-state index contributed by atoms with van der Waals surface area (Å²) in [6, 6.07) is 0. The molecule has 0 heterocycles. The summed E-state index contributed by atoms with van der Waals surface area (Å²) < 4.78 is 76.6. The normalized spacial score (nSPS) is 12.2. The van der Waals surface area contributed by atoms with Gasteiger partial charge in [0.05, 0.1) is 17.6 Å². The maximum absolute atomic E-state index is 13.6. The molecule has 5 nitrogen and oxygen atoms in total. The summed E-state index contributed by atoms with van der Waals surface area (Å²) in [5, 5.41) is 0. The second-order valence-electron chi connectivity index (χ2n) is 7.19. The van der Waals surface area contributed by atoms with E-state index in [1.165, 1.54) is 13.8 Å². The quantitative estimate of drug-likeness (QED) is 0.240. The Morgan fingerprint density at radius 1 is 0.889 bits per heavy atom. The average molecular weight is 397 g/mol. The molecule has 1 rings (SSSR count). The number of primary amides is 1. The molecule has 0 saturated heterocycles. The van der Waals surface area contributed by atoms with Crippen molar-refractivity contribution in [1.29, 1.82) is 0 Å². The van der Waals surface area contributed by atoms with Gasteiger partial charge in [0.15, 0.2) is 0 Å². The predicted molar refractivity (Wildman–Crippen MR) is 84.1 cm³/mol. The summed E-state index contributed by atoms with van der Waals surface area (Å²) in [4.78, 5) is 23.0. The van der Waals surface area contributed by atoms with Crippen LogP contribution in [0.1, 0.15) is 40.5 Å². The van der Waals surface area contributed by atoms with Crippen LogP contribution >= 0.6 is 0 Å². The lowest BCUT2D eigenvalue weighted by atomic mass is 9.94. The molecule has 0 saturated carbocycles. The lowest BCUT2D eigenvalue weighted by Gasteiger charge is -2.30. The van der Waals surface area contributed by atoms with E-state index < -0.39 is 57.7 Å². The summed E-state index contributed by atoms with van der Waals surface area (Å²) in [6.07, 6.45) is 0.271. The van der Waals surface area contributed by atoms with Gasteiger partial charge in [-0.25, -0.2) is 13.2 Å². The van der Waals surface area contributed by atoms with Crippen LogP contribution < -0.4 is 10.5 Å². The molecule has 2 N–H and O–H groups in total. The predicted octanol–water partition coefficient (Wildman–Crippen LogP) is 3.37. The lowest BCUT2D eigenvalue weighted by molar-refractivity contribution is -0.152. The minimum Gasteiger partial charge on any atom is -0.420 e. The molecule has 152 valence electrons. The van der Waals surface area contributed by atoms with Gasteiger partial charge >= 0.3 is 5.97 Å². The number of halogens is 5. The van der Waals surface area contributed by atoms with Gasteiger partial charge in [-0.15, -0.1) is 0 Å². The van der Waals surface area contributed by atoms with Crippen LogP contribution in [0.25, 0.3) is 0 Å². The molecule has 0 atom stereocenters. The first kappa shape index (κ1) is 22.8. The molecule has 0 aliphatic heterocycles. The Balaban J connectivity index is 2.92. The number of rotatable bonds is 8. The van der Waals surface area contributed by atoms with Crippen LogP contribution in [-0.4, -0.2) is 24.1 Å². The minimum absolute atomic E-state index is 0.0302. The van der Waals surface area contributed by atoms with Crippen LogP contribution in [-0.2, 0) is 14.3 Å². The molecule has 10 heteroatoms. The van der Waals surface area contributed by atoms with Crippen molar-refractivity contribution in [2.75, 3.05) is 6.61 Å². The molecule has 0 unspecified atom stereocenters. The van der Waals surface area contributed by atoms with Gasteiger partial charge in [-0.3, -0.25) is 9.59 Å². The van der Waals surface area contributed by atoms with Gasteiger partial charge < -0.3 is 15.2 Å². The van der Waals surface area contributed by atoms with Crippen molar-refractivity contribution in [3.63, 3.8) is 0 Å². The number of amides is 1. The molecule has 0 fully saturated rings. The van der Waals surface area contributed by atoms with E-state index in [0.29, 0.717) is 0 Å². The smallest absolute Gasteiger partial charge is 0.319 e. The highest BCUT2D eigenvalue weighted by molar-refractivity contribution is 5.78. The minimum atomic E-state index is -2.36. The highest BCUT2D eigenvalue weighted by atomic mass is 19.2. The fraction of sp³-hybridized carbons (Fsp3) is 0.529. The number of carbonyl (C=O) groups is 2. The third-order valence-electron chi connectivity index (χ3n) is 3.71. The van der Waals surface area contributed by atoms with Crippen LogP contribution in [0.4, 0.5) is 22.0 Å². The number of benzene rings is 1. The van der Waals surface area contributed by atoms with E-state index in [2.05, 4.69) is 4.74 Å². The number of carbonyl (C=O) groups excluding carboxylic acids is 2. The molecule has 1 amide bonds. The molecule has 1 aromatic carbocycles. The van der Waals surface area contributed by atoms with Crippen LogP contribution in [0.15, 0.2) is 0 Å². The molecule has 0 spiro atoms. The molecule has 0 aliphatic carbocycles. The molecule has 0 bridgehead atoms. The van der Waals surface area contributed by atoms with Crippen molar-refractivity contribution >= 4 is 11.9 Å². The van der Waals surface area contributed by atoms with E-state index in [-0.39, 0.29) is 19.4 Å². The summed E-state index contributed by atoms with van der Waals surface area (Å²) >= 11 is 0. The molecule has 0 aliphatic rings. The van der Waals surface area contributed by atoms with E-state index in [4.69, 9.17) is 10.5 Å². The van der Waals surface area contributed by atoms with Crippen molar-refractivity contribution in [2.24, 2.45) is 11.1 Å². The first-order chi connectivity index (χ1) is 12.2. The van der Waals surface area contributed by atoms with E-state index in [9.17, 15) is 31.5 Å². The number of nitrogens with two attached hydrogens (primary N) is 1.